The average molecular weight is 434 g/mol. The van der Waals surface area contributed by atoms with Gasteiger partial charge in [0.25, 0.3) is 0 Å². The topological polar surface area (TPSA) is 108 Å². The molecule has 11 heteroatoms. The normalized spacial score (nSPS) is 19.0. The molecule has 3 rings (SSSR count). The maximum absolute atomic E-state index is 11.6. The maximum atomic E-state index is 11.6. The molecule has 0 aromatic carbocycles. The van der Waals surface area contributed by atoms with Crippen molar-refractivity contribution in [3.63, 3.8) is 0 Å². The molecular formula is C19H29F3N4O4. The van der Waals surface area contributed by atoms with Crippen LogP contribution in [0.25, 0.3) is 0 Å². The highest BCUT2D eigenvalue weighted by atomic mass is 19.4. The summed E-state index contributed by atoms with van der Waals surface area (Å²) in [4.78, 5) is 23.0. The molecule has 1 amide bonds. The predicted molar refractivity (Wildman–Crippen MR) is 102 cm³/mol. The Morgan fingerprint density at radius 3 is 2.37 bits per heavy atom. The van der Waals surface area contributed by atoms with Gasteiger partial charge in [0, 0.05) is 18.3 Å². The molecule has 0 unspecified atom stereocenters. The van der Waals surface area contributed by atoms with Crippen LogP contribution in [-0.2, 0) is 16.1 Å². The van der Waals surface area contributed by atoms with Gasteiger partial charge in [-0.1, -0.05) is 0 Å². The molecule has 1 aliphatic carbocycles. The van der Waals surface area contributed by atoms with Crippen LogP contribution < -0.4 is 5.32 Å². The van der Waals surface area contributed by atoms with Crippen molar-refractivity contribution in [3.05, 3.63) is 17.5 Å². The molecule has 0 radical (unpaired) electrons. The SMILES string of the molecule is Cc1cc(CN2CCC3(CC2)CC(NC(=O)OC(C)C)C3)n[nH]1.O=C(O)C(F)(F)F. The Balaban J connectivity index is 0.000000396. The van der Waals surface area contributed by atoms with Gasteiger partial charge in [0.2, 0.25) is 0 Å². The number of hydrogen-bond acceptors (Lipinski definition) is 5. The number of carboxylic acids is 1. The second-order valence-corrected chi connectivity index (χ2v) is 8.32. The number of likely N-dealkylation sites (tertiary alicyclic amines) is 1. The quantitative estimate of drug-likeness (QED) is 0.672. The minimum absolute atomic E-state index is 0.0575. The fourth-order valence-electron chi connectivity index (χ4n) is 3.88. The number of piperidine rings is 1. The minimum Gasteiger partial charge on any atom is -0.475 e. The van der Waals surface area contributed by atoms with Crippen LogP contribution in [-0.4, -0.2) is 63.7 Å². The van der Waals surface area contributed by atoms with Crippen molar-refractivity contribution in [3.8, 4) is 0 Å². The summed E-state index contributed by atoms with van der Waals surface area (Å²) in [7, 11) is 0. The molecule has 0 atom stereocenters. The Morgan fingerprint density at radius 2 is 1.93 bits per heavy atom. The first-order chi connectivity index (χ1) is 13.9. The number of carbonyl (C=O) groups is 2. The number of carboxylic acid groups (broad SMARTS) is 1. The van der Waals surface area contributed by atoms with E-state index in [2.05, 4.69) is 26.5 Å². The summed E-state index contributed by atoms with van der Waals surface area (Å²) in [6.45, 7) is 8.96. The van der Waals surface area contributed by atoms with Gasteiger partial charge in [-0.25, -0.2) is 9.59 Å². The lowest BCUT2D eigenvalue weighted by Crippen LogP contribution is -2.55. The van der Waals surface area contributed by atoms with Crippen LogP contribution in [0, 0.1) is 12.3 Å². The number of nitrogens with zero attached hydrogens (tertiary/aromatic N) is 2. The Morgan fingerprint density at radius 1 is 1.37 bits per heavy atom. The summed E-state index contributed by atoms with van der Waals surface area (Å²) >= 11 is 0. The van der Waals surface area contributed by atoms with Gasteiger partial charge in [-0.15, -0.1) is 0 Å². The fourth-order valence-corrected chi connectivity index (χ4v) is 3.88. The molecule has 1 aliphatic heterocycles. The summed E-state index contributed by atoms with van der Waals surface area (Å²) in [5.41, 5.74) is 2.69. The van der Waals surface area contributed by atoms with Gasteiger partial charge in [0.05, 0.1) is 11.8 Å². The largest absolute Gasteiger partial charge is 0.490 e. The maximum Gasteiger partial charge on any atom is 0.490 e. The summed E-state index contributed by atoms with van der Waals surface area (Å²) in [5, 5.41) is 17.4. The molecule has 2 aliphatic rings. The number of H-pyrrole nitrogens is 1. The van der Waals surface area contributed by atoms with E-state index in [1.807, 2.05) is 20.8 Å². The fraction of sp³-hybridized carbons (Fsp3) is 0.737. The van der Waals surface area contributed by atoms with Crippen LogP contribution in [0.4, 0.5) is 18.0 Å². The van der Waals surface area contributed by atoms with Gasteiger partial charge in [-0.2, -0.15) is 18.3 Å². The summed E-state index contributed by atoms with van der Waals surface area (Å²) < 4.78 is 36.9. The van der Waals surface area contributed by atoms with Crippen molar-refractivity contribution in [2.75, 3.05) is 13.1 Å². The van der Waals surface area contributed by atoms with Crippen molar-refractivity contribution >= 4 is 12.1 Å². The number of alkyl halides is 3. The zero-order valence-corrected chi connectivity index (χ0v) is 17.4. The number of alkyl carbamates (subject to hydrolysis) is 1. The number of ether oxygens (including phenoxy) is 1. The van der Waals surface area contributed by atoms with E-state index >= 15 is 0 Å². The molecule has 3 N–H and O–H groups in total. The van der Waals surface area contributed by atoms with E-state index in [0.717, 1.165) is 43.9 Å². The van der Waals surface area contributed by atoms with E-state index in [9.17, 15) is 18.0 Å². The van der Waals surface area contributed by atoms with Crippen LogP contribution in [0.3, 0.4) is 0 Å². The van der Waals surface area contributed by atoms with Gasteiger partial charge >= 0.3 is 18.2 Å². The Bertz CT molecular complexity index is 720. The molecular weight excluding hydrogens is 405 g/mol. The Labute approximate surface area is 173 Å². The molecule has 0 bridgehead atoms. The van der Waals surface area contributed by atoms with Crippen LogP contribution in [0.5, 0.6) is 0 Å². The molecule has 30 heavy (non-hydrogen) atoms. The minimum atomic E-state index is -5.08. The molecule has 1 aromatic rings. The number of amides is 1. The van der Waals surface area contributed by atoms with Gasteiger partial charge in [0.15, 0.2) is 0 Å². The highest BCUT2D eigenvalue weighted by molar-refractivity contribution is 5.73. The number of aromatic nitrogens is 2. The summed E-state index contributed by atoms with van der Waals surface area (Å²) in [6, 6.07) is 2.41. The summed E-state index contributed by atoms with van der Waals surface area (Å²) in [5.74, 6) is -2.76. The van der Waals surface area contributed by atoms with Crippen molar-refractivity contribution in [1.29, 1.82) is 0 Å². The van der Waals surface area contributed by atoms with Crippen molar-refractivity contribution in [2.24, 2.45) is 5.41 Å². The van der Waals surface area contributed by atoms with E-state index in [4.69, 9.17) is 14.6 Å². The first-order valence-corrected chi connectivity index (χ1v) is 9.89. The van der Waals surface area contributed by atoms with E-state index in [1.54, 1.807) is 0 Å². The van der Waals surface area contributed by atoms with Gasteiger partial charge in [-0.05, 0) is 71.0 Å². The Hall–Kier alpha value is -2.30. The number of carbonyl (C=O) groups excluding carboxylic acids is 1. The zero-order chi connectivity index (χ0) is 22.5. The summed E-state index contributed by atoms with van der Waals surface area (Å²) in [6.07, 6.45) is -0.795. The number of halogens is 3. The van der Waals surface area contributed by atoms with Crippen molar-refractivity contribution in [2.45, 2.75) is 71.3 Å². The van der Waals surface area contributed by atoms with E-state index in [0.29, 0.717) is 11.5 Å². The first kappa shape index (κ1) is 24.0. The number of hydrogen-bond donors (Lipinski definition) is 3. The lowest BCUT2D eigenvalue weighted by Gasteiger charge is -2.52. The van der Waals surface area contributed by atoms with Crippen molar-refractivity contribution < 1.29 is 32.6 Å². The third-order valence-electron chi connectivity index (χ3n) is 5.33. The van der Waals surface area contributed by atoms with Crippen molar-refractivity contribution in [1.82, 2.24) is 20.4 Å². The van der Waals surface area contributed by atoms with E-state index in [-0.39, 0.29) is 12.2 Å². The van der Waals surface area contributed by atoms with Gasteiger partial charge < -0.3 is 15.2 Å². The average Bonchev–Trinajstić information content (AvgIpc) is 2.99. The molecule has 2 fully saturated rings. The standard InChI is InChI=1S/C17H28N4O2.C2HF3O2/c1-12(2)23-16(22)18-15-9-17(10-15)4-6-21(7-5-17)11-14-8-13(3)19-20-14;3-2(4,5)1(6)7/h8,12,15H,4-7,9-11H2,1-3H3,(H,18,22)(H,19,20);(H,6,7). The Kier molecular flexibility index (Phi) is 7.73. The van der Waals surface area contributed by atoms with Gasteiger partial charge in [-0.3, -0.25) is 10.00 Å². The molecule has 2 heterocycles. The number of nitrogens with one attached hydrogen (secondary N) is 2. The second-order valence-electron chi connectivity index (χ2n) is 8.32. The number of aromatic amines is 1. The third kappa shape index (κ3) is 7.19. The molecule has 1 saturated heterocycles. The number of aryl methyl sites for hydroxylation is 1. The number of aliphatic carboxylic acids is 1. The lowest BCUT2D eigenvalue weighted by molar-refractivity contribution is -0.192. The van der Waals surface area contributed by atoms with Gasteiger partial charge in [0.1, 0.15) is 0 Å². The van der Waals surface area contributed by atoms with Crippen LogP contribution >= 0.6 is 0 Å². The van der Waals surface area contributed by atoms with E-state index in [1.165, 1.54) is 12.8 Å². The second kappa shape index (κ2) is 9.67. The first-order valence-electron chi connectivity index (χ1n) is 9.89. The highest BCUT2D eigenvalue weighted by Crippen LogP contribution is 2.49. The zero-order valence-electron chi connectivity index (χ0n) is 17.4. The smallest absolute Gasteiger partial charge is 0.475 e. The third-order valence-corrected chi connectivity index (χ3v) is 5.33. The monoisotopic (exact) mass is 434 g/mol. The lowest BCUT2D eigenvalue weighted by atomic mass is 9.60. The van der Waals surface area contributed by atoms with Crippen LogP contribution in [0.1, 0.15) is 50.9 Å². The number of rotatable bonds is 4. The molecule has 1 spiro atoms. The van der Waals surface area contributed by atoms with Crippen LogP contribution in [0.2, 0.25) is 0 Å². The predicted octanol–water partition coefficient (Wildman–Crippen LogP) is 3.23. The van der Waals surface area contributed by atoms with Crippen LogP contribution in [0.15, 0.2) is 6.07 Å². The highest BCUT2D eigenvalue weighted by Gasteiger charge is 2.46. The molecule has 8 nitrogen and oxygen atoms in total. The molecule has 170 valence electrons. The van der Waals surface area contributed by atoms with E-state index < -0.39 is 12.1 Å². The molecule has 1 saturated carbocycles. The molecule has 1 aromatic heterocycles.